The smallest absolute Gasteiger partial charge is 0.253 e. The van der Waals surface area contributed by atoms with Crippen molar-refractivity contribution in [2.75, 3.05) is 11.1 Å². The number of carbonyl (C=O) groups is 1. The average Bonchev–Trinajstić information content (AvgIpc) is 2.44. The second kappa shape index (κ2) is 6.71. The molecule has 1 amide bonds. The van der Waals surface area contributed by atoms with Gasteiger partial charge in [0, 0.05) is 22.4 Å². The van der Waals surface area contributed by atoms with Crippen molar-refractivity contribution in [2.45, 2.75) is 26.8 Å². The molecule has 0 unspecified atom stereocenters. The summed E-state index contributed by atoms with van der Waals surface area (Å²) in [6.45, 7) is 5.77. The monoisotopic (exact) mass is 317 g/mol. The Labute approximate surface area is 135 Å². The second-order valence-corrected chi connectivity index (χ2v) is 5.93. The third-order valence-corrected chi connectivity index (χ3v) is 3.57. The van der Waals surface area contributed by atoms with Crippen molar-refractivity contribution in [3.8, 4) is 0 Å². The Balaban J connectivity index is 2.34. The van der Waals surface area contributed by atoms with Crippen LogP contribution in [0.25, 0.3) is 0 Å². The molecular weight excluding hydrogens is 298 g/mol. The Morgan fingerprint density at radius 1 is 1.18 bits per heavy atom. The van der Waals surface area contributed by atoms with E-state index in [4.69, 9.17) is 17.3 Å². The molecule has 2 aromatic carbocycles. The van der Waals surface area contributed by atoms with Gasteiger partial charge in [-0.25, -0.2) is 0 Å². The van der Waals surface area contributed by atoms with Crippen LogP contribution in [0.1, 0.15) is 29.8 Å². The predicted octanol–water partition coefficient (Wildman–Crippen LogP) is 4.11. The molecule has 0 saturated heterocycles. The van der Waals surface area contributed by atoms with E-state index in [1.165, 1.54) is 0 Å². The van der Waals surface area contributed by atoms with Crippen LogP contribution in [0.5, 0.6) is 0 Å². The Hall–Kier alpha value is -2.20. The molecule has 0 radical (unpaired) electrons. The van der Waals surface area contributed by atoms with Crippen molar-refractivity contribution in [2.24, 2.45) is 0 Å². The molecule has 0 saturated carbocycles. The standard InChI is InChI=1S/C17H20ClN3O/c1-10(2)20-17(22)14-8-12(19)5-7-16(14)21-13-6-4-11(3)15(18)9-13/h4-10,21H,19H2,1-3H3,(H,20,22). The molecule has 5 heteroatoms. The molecule has 4 nitrogen and oxygen atoms in total. The Morgan fingerprint density at radius 2 is 1.91 bits per heavy atom. The van der Waals surface area contributed by atoms with Gasteiger partial charge in [-0.3, -0.25) is 4.79 Å². The van der Waals surface area contributed by atoms with Crippen molar-refractivity contribution >= 4 is 34.6 Å². The van der Waals surface area contributed by atoms with Gasteiger partial charge in [0.25, 0.3) is 5.91 Å². The van der Waals surface area contributed by atoms with Crippen LogP contribution in [0.4, 0.5) is 17.1 Å². The first-order valence-electron chi connectivity index (χ1n) is 7.10. The van der Waals surface area contributed by atoms with Gasteiger partial charge in [0.1, 0.15) is 0 Å². The molecule has 0 fully saturated rings. The van der Waals surface area contributed by atoms with E-state index in [0.717, 1.165) is 11.3 Å². The maximum Gasteiger partial charge on any atom is 0.253 e. The summed E-state index contributed by atoms with van der Waals surface area (Å²) in [5.74, 6) is -0.164. The third-order valence-electron chi connectivity index (χ3n) is 3.16. The van der Waals surface area contributed by atoms with Crippen LogP contribution in [0.3, 0.4) is 0 Å². The van der Waals surface area contributed by atoms with Crippen molar-refractivity contribution < 1.29 is 4.79 Å². The highest BCUT2D eigenvalue weighted by Gasteiger charge is 2.13. The van der Waals surface area contributed by atoms with Gasteiger partial charge in [-0.1, -0.05) is 17.7 Å². The van der Waals surface area contributed by atoms with E-state index in [1.807, 2.05) is 39.0 Å². The number of nitrogen functional groups attached to an aromatic ring is 1. The van der Waals surface area contributed by atoms with E-state index in [1.54, 1.807) is 18.2 Å². The van der Waals surface area contributed by atoms with E-state index >= 15 is 0 Å². The molecule has 2 rings (SSSR count). The van der Waals surface area contributed by atoms with Gasteiger partial charge in [-0.15, -0.1) is 0 Å². The lowest BCUT2D eigenvalue weighted by molar-refractivity contribution is 0.0944. The van der Waals surface area contributed by atoms with Crippen molar-refractivity contribution in [1.82, 2.24) is 5.32 Å². The van der Waals surface area contributed by atoms with Crippen molar-refractivity contribution in [1.29, 1.82) is 0 Å². The van der Waals surface area contributed by atoms with Gasteiger partial charge >= 0.3 is 0 Å². The van der Waals surface area contributed by atoms with Gasteiger partial charge < -0.3 is 16.4 Å². The zero-order valence-electron chi connectivity index (χ0n) is 12.9. The minimum absolute atomic E-state index is 0.0515. The molecule has 116 valence electrons. The highest BCUT2D eigenvalue weighted by Crippen LogP contribution is 2.26. The molecule has 0 atom stereocenters. The molecule has 0 aromatic heterocycles. The molecule has 4 N–H and O–H groups in total. The summed E-state index contributed by atoms with van der Waals surface area (Å²) < 4.78 is 0. The first-order chi connectivity index (χ1) is 10.4. The Kier molecular flexibility index (Phi) is 4.93. The van der Waals surface area contributed by atoms with E-state index in [9.17, 15) is 4.79 Å². The van der Waals surface area contributed by atoms with Crippen molar-refractivity contribution in [3.05, 3.63) is 52.5 Å². The lowest BCUT2D eigenvalue weighted by Crippen LogP contribution is -2.30. The summed E-state index contributed by atoms with van der Waals surface area (Å²) in [4.78, 5) is 12.3. The fraction of sp³-hybridized carbons (Fsp3) is 0.235. The van der Waals surface area contributed by atoms with Crippen LogP contribution >= 0.6 is 11.6 Å². The third kappa shape index (κ3) is 3.92. The van der Waals surface area contributed by atoms with Crippen molar-refractivity contribution in [3.63, 3.8) is 0 Å². The maximum atomic E-state index is 12.3. The summed E-state index contributed by atoms with van der Waals surface area (Å²) in [6.07, 6.45) is 0. The van der Waals surface area contributed by atoms with E-state index in [2.05, 4.69) is 10.6 Å². The highest BCUT2D eigenvalue weighted by atomic mass is 35.5. The average molecular weight is 318 g/mol. The predicted molar refractivity (Wildman–Crippen MR) is 92.9 cm³/mol. The van der Waals surface area contributed by atoms with Gasteiger partial charge in [0.05, 0.1) is 11.3 Å². The first kappa shape index (κ1) is 16.2. The van der Waals surface area contributed by atoms with E-state index in [-0.39, 0.29) is 11.9 Å². The van der Waals surface area contributed by atoms with Gasteiger partial charge in [0.15, 0.2) is 0 Å². The van der Waals surface area contributed by atoms with Gasteiger partial charge in [-0.2, -0.15) is 0 Å². The van der Waals surface area contributed by atoms with E-state index < -0.39 is 0 Å². The van der Waals surface area contributed by atoms with Gasteiger partial charge in [-0.05, 0) is 56.7 Å². The number of aryl methyl sites for hydroxylation is 1. The minimum atomic E-state index is -0.164. The molecule has 0 bridgehead atoms. The highest BCUT2D eigenvalue weighted by molar-refractivity contribution is 6.31. The normalized spacial score (nSPS) is 10.6. The fourth-order valence-electron chi connectivity index (χ4n) is 2.02. The Morgan fingerprint density at radius 3 is 2.55 bits per heavy atom. The van der Waals surface area contributed by atoms with Crippen LogP contribution in [-0.4, -0.2) is 11.9 Å². The van der Waals surface area contributed by atoms with Crippen LogP contribution in [0.15, 0.2) is 36.4 Å². The number of hydrogen-bond acceptors (Lipinski definition) is 3. The molecule has 0 heterocycles. The van der Waals surface area contributed by atoms with Crippen LogP contribution in [-0.2, 0) is 0 Å². The number of amides is 1. The lowest BCUT2D eigenvalue weighted by Gasteiger charge is -2.15. The SMILES string of the molecule is Cc1ccc(Nc2ccc(N)cc2C(=O)NC(C)C)cc1Cl. The number of benzene rings is 2. The second-order valence-electron chi connectivity index (χ2n) is 5.52. The number of halogens is 1. The molecule has 0 spiro atoms. The quantitative estimate of drug-likeness (QED) is 0.743. The van der Waals surface area contributed by atoms with Crippen LogP contribution < -0.4 is 16.4 Å². The molecule has 0 aliphatic carbocycles. The minimum Gasteiger partial charge on any atom is -0.399 e. The molecule has 0 aliphatic heterocycles. The lowest BCUT2D eigenvalue weighted by atomic mass is 10.1. The van der Waals surface area contributed by atoms with Crippen LogP contribution in [0, 0.1) is 6.92 Å². The zero-order chi connectivity index (χ0) is 16.3. The zero-order valence-corrected chi connectivity index (χ0v) is 13.7. The Bertz CT molecular complexity index is 698. The number of nitrogens with one attached hydrogen (secondary N) is 2. The van der Waals surface area contributed by atoms with E-state index in [0.29, 0.717) is 22.0 Å². The number of anilines is 3. The van der Waals surface area contributed by atoms with Crippen LogP contribution in [0.2, 0.25) is 5.02 Å². The number of carbonyl (C=O) groups excluding carboxylic acids is 1. The summed E-state index contributed by atoms with van der Waals surface area (Å²) >= 11 is 6.14. The summed E-state index contributed by atoms with van der Waals surface area (Å²) in [5.41, 5.74) is 9.36. The summed E-state index contributed by atoms with van der Waals surface area (Å²) in [6, 6.07) is 10.9. The molecule has 22 heavy (non-hydrogen) atoms. The molecular formula is C17H20ClN3O. The largest absolute Gasteiger partial charge is 0.399 e. The first-order valence-corrected chi connectivity index (χ1v) is 7.48. The number of nitrogens with two attached hydrogens (primary N) is 1. The molecule has 2 aromatic rings. The van der Waals surface area contributed by atoms with Gasteiger partial charge in [0.2, 0.25) is 0 Å². The number of rotatable bonds is 4. The topological polar surface area (TPSA) is 67.1 Å². The summed E-state index contributed by atoms with van der Waals surface area (Å²) in [5, 5.41) is 6.77. The fourth-order valence-corrected chi connectivity index (χ4v) is 2.21. The maximum absolute atomic E-state index is 12.3. The summed E-state index contributed by atoms with van der Waals surface area (Å²) in [7, 11) is 0. The molecule has 0 aliphatic rings. The number of hydrogen-bond donors (Lipinski definition) is 3.